The van der Waals surface area contributed by atoms with E-state index in [1.165, 1.54) is 0 Å². The molecule has 1 aromatic heterocycles. The number of aromatic nitrogens is 2. The van der Waals surface area contributed by atoms with E-state index in [0.717, 1.165) is 45.1 Å². The normalized spacial score (nSPS) is 19.4. The minimum absolute atomic E-state index is 0.783. The zero-order valence-electron chi connectivity index (χ0n) is 7.70. The Hall–Kier alpha value is -0.870. The molecule has 1 aromatic rings. The number of fused-ring (bicyclic) bond motifs is 1. The molecule has 0 bridgehead atoms. The fourth-order valence-corrected chi connectivity index (χ4v) is 1.51. The van der Waals surface area contributed by atoms with Crippen molar-refractivity contribution in [3.05, 3.63) is 18.2 Å². The van der Waals surface area contributed by atoms with E-state index in [1.807, 2.05) is 12.4 Å². The lowest BCUT2D eigenvalue weighted by Gasteiger charge is -2.12. The molecule has 0 atom stereocenters. The lowest BCUT2D eigenvalue weighted by atomic mass is 10.4. The topological polar surface area (TPSA) is 39.1 Å². The highest BCUT2D eigenvalue weighted by Crippen LogP contribution is 1.99. The van der Waals surface area contributed by atoms with E-state index >= 15 is 0 Å². The second-order valence-electron chi connectivity index (χ2n) is 3.15. The number of nitrogens with one attached hydrogen (secondary N) is 1. The molecule has 0 aliphatic carbocycles. The number of nitrogens with zero attached hydrogens (tertiary/aromatic N) is 2. The summed E-state index contributed by atoms with van der Waals surface area (Å²) in [5.74, 6) is 1.15. The zero-order chi connectivity index (χ0) is 8.93. The van der Waals surface area contributed by atoms with E-state index in [-0.39, 0.29) is 0 Å². The van der Waals surface area contributed by atoms with Crippen LogP contribution in [0, 0.1) is 0 Å². The van der Waals surface area contributed by atoms with E-state index in [2.05, 4.69) is 14.9 Å². The first-order chi connectivity index (χ1) is 6.47. The summed E-state index contributed by atoms with van der Waals surface area (Å²) in [5.41, 5.74) is 0. The summed E-state index contributed by atoms with van der Waals surface area (Å²) in [7, 11) is 0. The third kappa shape index (κ3) is 2.29. The molecule has 1 aliphatic heterocycles. The standard InChI is InChI=1S/C9H15N3O/c1-2-10-4-7-13-8-6-12-5-3-11-9(1)12/h3,5,10H,1-2,4,6-8H2. The van der Waals surface area contributed by atoms with Gasteiger partial charge in [0.05, 0.1) is 13.2 Å². The average Bonchev–Trinajstić information content (AvgIpc) is 2.59. The van der Waals surface area contributed by atoms with Gasteiger partial charge in [-0.15, -0.1) is 0 Å². The van der Waals surface area contributed by atoms with Crippen LogP contribution < -0.4 is 5.32 Å². The van der Waals surface area contributed by atoms with Crippen LogP contribution in [0.15, 0.2) is 12.4 Å². The van der Waals surface area contributed by atoms with Crippen molar-refractivity contribution >= 4 is 0 Å². The number of hydrogen-bond donors (Lipinski definition) is 1. The van der Waals surface area contributed by atoms with Gasteiger partial charge in [-0.1, -0.05) is 0 Å². The Morgan fingerprint density at radius 2 is 2.38 bits per heavy atom. The van der Waals surface area contributed by atoms with Gasteiger partial charge in [0.25, 0.3) is 0 Å². The molecule has 2 heterocycles. The summed E-state index contributed by atoms with van der Waals surface area (Å²) in [6.45, 7) is 4.45. The molecule has 4 nitrogen and oxygen atoms in total. The smallest absolute Gasteiger partial charge is 0.109 e. The largest absolute Gasteiger partial charge is 0.378 e. The number of ether oxygens (including phenoxy) is 1. The Morgan fingerprint density at radius 1 is 1.38 bits per heavy atom. The summed E-state index contributed by atoms with van der Waals surface area (Å²) < 4.78 is 7.58. The number of imidazole rings is 1. The Kier molecular flexibility index (Phi) is 2.94. The maximum absolute atomic E-state index is 5.43. The first-order valence-corrected chi connectivity index (χ1v) is 4.75. The van der Waals surface area contributed by atoms with Crippen LogP contribution in [0.3, 0.4) is 0 Å². The minimum atomic E-state index is 0.783. The Labute approximate surface area is 77.9 Å². The SMILES string of the molecule is c1cn2c(n1)CCNCCOCC2. The van der Waals surface area contributed by atoms with Crippen molar-refractivity contribution in [1.82, 2.24) is 14.9 Å². The fraction of sp³-hybridized carbons (Fsp3) is 0.667. The van der Waals surface area contributed by atoms with Crippen LogP contribution in [0.25, 0.3) is 0 Å². The molecule has 0 saturated heterocycles. The first kappa shape index (κ1) is 8.72. The molecule has 1 N–H and O–H groups in total. The zero-order valence-corrected chi connectivity index (χ0v) is 7.70. The summed E-state index contributed by atoms with van der Waals surface area (Å²) in [4.78, 5) is 4.30. The van der Waals surface area contributed by atoms with Gasteiger partial charge in [-0.25, -0.2) is 4.98 Å². The van der Waals surface area contributed by atoms with E-state index in [9.17, 15) is 0 Å². The summed E-state index contributed by atoms with van der Waals surface area (Å²) >= 11 is 0. The highest BCUT2D eigenvalue weighted by molar-refractivity contribution is 4.93. The van der Waals surface area contributed by atoms with Crippen molar-refractivity contribution in [3.63, 3.8) is 0 Å². The maximum atomic E-state index is 5.43. The van der Waals surface area contributed by atoms with Crippen molar-refractivity contribution < 1.29 is 4.74 Å². The lowest BCUT2D eigenvalue weighted by molar-refractivity contribution is 0.125. The predicted octanol–water partition coefficient (Wildman–Crippen LogP) is 0.0454. The summed E-state index contributed by atoms with van der Waals surface area (Å²) in [6.07, 6.45) is 4.88. The van der Waals surface area contributed by atoms with Crippen LogP contribution in [-0.2, 0) is 17.7 Å². The molecule has 0 spiro atoms. The molecule has 13 heavy (non-hydrogen) atoms. The highest BCUT2D eigenvalue weighted by Gasteiger charge is 2.03. The Bertz CT molecular complexity index is 235. The van der Waals surface area contributed by atoms with Crippen LogP contribution in [0.2, 0.25) is 0 Å². The summed E-state index contributed by atoms with van der Waals surface area (Å²) in [6, 6.07) is 0. The first-order valence-electron chi connectivity index (χ1n) is 4.75. The maximum Gasteiger partial charge on any atom is 0.109 e. The lowest BCUT2D eigenvalue weighted by Crippen LogP contribution is -2.25. The Balaban J connectivity index is 2.03. The molecular weight excluding hydrogens is 166 g/mol. The second-order valence-corrected chi connectivity index (χ2v) is 3.15. The Morgan fingerprint density at radius 3 is 3.38 bits per heavy atom. The molecular formula is C9H15N3O. The molecule has 0 fully saturated rings. The number of rotatable bonds is 0. The monoisotopic (exact) mass is 181 g/mol. The second kappa shape index (κ2) is 4.39. The van der Waals surface area contributed by atoms with E-state index in [1.54, 1.807) is 0 Å². The van der Waals surface area contributed by atoms with E-state index in [4.69, 9.17) is 4.74 Å². The van der Waals surface area contributed by atoms with Crippen molar-refractivity contribution in [2.45, 2.75) is 13.0 Å². The van der Waals surface area contributed by atoms with Crippen LogP contribution in [-0.4, -0.2) is 35.9 Å². The molecule has 0 unspecified atom stereocenters. The van der Waals surface area contributed by atoms with Crippen molar-refractivity contribution in [1.29, 1.82) is 0 Å². The van der Waals surface area contributed by atoms with Gasteiger partial charge in [0.1, 0.15) is 5.82 Å². The van der Waals surface area contributed by atoms with Gasteiger partial charge in [-0.3, -0.25) is 0 Å². The number of hydrogen-bond acceptors (Lipinski definition) is 3. The van der Waals surface area contributed by atoms with Gasteiger partial charge < -0.3 is 14.6 Å². The van der Waals surface area contributed by atoms with Gasteiger partial charge >= 0.3 is 0 Å². The highest BCUT2D eigenvalue weighted by atomic mass is 16.5. The quantitative estimate of drug-likeness (QED) is 0.614. The van der Waals surface area contributed by atoms with Gasteiger partial charge in [0, 0.05) is 38.4 Å². The fourth-order valence-electron chi connectivity index (χ4n) is 1.51. The van der Waals surface area contributed by atoms with E-state index < -0.39 is 0 Å². The van der Waals surface area contributed by atoms with Crippen LogP contribution in [0.1, 0.15) is 5.82 Å². The molecule has 1 aliphatic rings. The van der Waals surface area contributed by atoms with E-state index in [0.29, 0.717) is 0 Å². The van der Waals surface area contributed by atoms with Gasteiger partial charge in [-0.2, -0.15) is 0 Å². The molecule has 4 heteroatoms. The average molecular weight is 181 g/mol. The molecule has 0 aromatic carbocycles. The van der Waals surface area contributed by atoms with Crippen LogP contribution in [0.4, 0.5) is 0 Å². The van der Waals surface area contributed by atoms with Crippen LogP contribution in [0.5, 0.6) is 0 Å². The van der Waals surface area contributed by atoms with Crippen molar-refractivity contribution in [2.24, 2.45) is 0 Å². The van der Waals surface area contributed by atoms with Crippen molar-refractivity contribution in [2.75, 3.05) is 26.3 Å². The molecule has 0 radical (unpaired) electrons. The third-order valence-electron chi connectivity index (χ3n) is 2.23. The molecule has 0 amide bonds. The molecule has 2 rings (SSSR count). The van der Waals surface area contributed by atoms with Crippen molar-refractivity contribution in [3.8, 4) is 0 Å². The molecule has 0 saturated carbocycles. The van der Waals surface area contributed by atoms with Crippen LogP contribution >= 0.6 is 0 Å². The predicted molar refractivity (Wildman–Crippen MR) is 49.6 cm³/mol. The van der Waals surface area contributed by atoms with Gasteiger partial charge in [0.2, 0.25) is 0 Å². The summed E-state index contributed by atoms with van der Waals surface area (Å²) in [5, 5.41) is 3.31. The minimum Gasteiger partial charge on any atom is -0.378 e. The van der Waals surface area contributed by atoms with Gasteiger partial charge in [0.15, 0.2) is 0 Å². The third-order valence-corrected chi connectivity index (χ3v) is 2.23. The van der Waals surface area contributed by atoms with Gasteiger partial charge in [-0.05, 0) is 0 Å². The molecule has 72 valence electrons.